The number of likely N-dealkylation sites (tertiary alicyclic amines) is 1. The monoisotopic (exact) mass is 446 g/mol. The molecule has 0 bridgehead atoms. The molecule has 0 saturated carbocycles. The molecule has 1 fully saturated rings. The minimum atomic E-state index is -4.61. The number of aromatic nitrogens is 2. The zero-order valence-electron chi connectivity index (χ0n) is 17.7. The van der Waals surface area contributed by atoms with Crippen molar-refractivity contribution in [3.63, 3.8) is 0 Å². The Balaban J connectivity index is 1.56. The van der Waals surface area contributed by atoms with Crippen molar-refractivity contribution >= 4 is 23.4 Å². The molecule has 1 atom stereocenters. The molecule has 1 aromatic heterocycles. The summed E-state index contributed by atoms with van der Waals surface area (Å²) in [5.74, 6) is -0.463. The largest absolute Gasteiger partial charge is 0.421 e. The number of nitrogens with zero attached hydrogens (tertiary/aromatic N) is 4. The highest BCUT2D eigenvalue weighted by atomic mass is 19.4. The minimum absolute atomic E-state index is 0.0710. The van der Waals surface area contributed by atoms with Crippen molar-refractivity contribution in [1.29, 1.82) is 0 Å². The van der Waals surface area contributed by atoms with Crippen molar-refractivity contribution < 1.29 is 18.0 Å². The van der Waals surface area contributed by atoms with E-state index in [-0.39, 0.29) is 30.3 Å². The van der Waals surface area contributed by atoms with Crippen LogP contribution in [0.25, 0.3) is 0 Å². The summed E-state index contributed by atoms with van der Waals surface area (Å²) in [7, 11) is 2.03. The van der Waals surface area contributed by atoms with E-state index >= 15 is 0 Å². The van der Waals surface area contributed by atoms with Gasteiger partial charge < -0.3 is 15.5 Å². The fourth-order valence-corrected chi connectivity index (χ4v) is 4.15. The SMILES string of the molecule is C=CC(=O)N1CCC[C@@H](Nc2nc(Nc3ccc4c(c3)CN(C)C4)ncc2C(F)(F)F)C1. The van der Waals surface area contributed by atoms with E-state index < -0.39 is 11.7 Å². The topological polar surface area (TPSA) is 73.4 Å². The van der Waals surface area contributed by atoms with Crippen LogP contribution in [0.5, 0.6) is 0 Å². The summed E-state index contributed by atoms with van der Waals surface area (Å²) in [6.45, 7) is 6.00. The maximum Gasteiger partial charge on any atom is 0.421 e. The normalized spacial score (nSPS) is 18.9. The average molecular weight is 446 g/mol. The third-order valence-corrected chi connectivity index (χ3v) is 5.69. The summed E-state index contributed by atoms with van der Waals surface area (Å²) in [6.07, 6.45) is -1.30. The van der Waals surface area contributed by atoms with E-state index in [9.17, 15) is 18.0 Å². The van der Waals surface area contributed by atoms with Crippen LogP contribution in [0.4, 0.5) is 30.6 Å². The lowest BCUT2D eigenvalue weighted by atomic mass is 10.1. The Morgan fingerprint density at radius 3 is 2.81 bits per heavy atom. The van der Waals surface area contributed by atoms with Gasteiger partial charge in [-0.2, -0.15) is 18.2 Å². The van der Waals surface area contributed by atoms with Gasteiger partial charge in [-0.15, -0.1) is 0 Å². The summed E-state index contributed by atoms with van der Waals surface area (Å²) < 4.78 is 40.8. The number of benzene rings is 1. The summed E-state index contributed by atoms with van der Waals surface area (Å²) in [4.78, 5) is 23.7. The zero-order valence-corrected chi connectivity index (χ0v) is 17.7. The first kappa shape index (κ1) is 22.1. The lowest BCUT2D eigenvalue weighted by molar-refractivity contribution is -0.137. The van der Waals surface area contributed by atoms with Crippen LogP contribution in [0.3, 0.4) is 0 Å². The molecule has 1 amide bonds. The Bertz CT molecular complexity index is 1030. The number of hydrogen-bond donors (Lipinski definition) is 2. The van der Waals surface area contributed by atoms with Crippen LogP contribution >= 0.6 is 0 Å². The molecule has 1 aromatic carbocycles. The molecule has 1 saturated heterocycles. The molecule has 2 aromatic rings. The van der Waals surface area contributed by atoms with E-state index in [4.69, 9.17) is 0 Å². The zero-order chi connectivity index (χ0) is 22.9. The first-order chi connectivity index (χ1) is 15.2. The van der Waals surface area contributed by atoms with E-state index in [1.54, 1.807) is 4.90 Å². The number of amides is 1. The Morgan fingerprint density at radius 2 is 2.06 bits per heavy atom. The van der Waals surface area contributed by atoms with Crippen molar-refractivity contribution in [3.05, 3.63) is 53.7 Å². The number of halogens is 3. The van der Waals surface area contributed by atoms with E-state index in [0.717, 1.165) is 24.8 Å². The molecule has 2 N–H and O–H groups in total. The molecule has 2 aliphatic rings. The van der Waals surface area contributed by atoms with Gasteiger partial charge in [0.05, 0.1) is 0 Å². The third-order valence-electron chi connectivity index (χ3n) is 5.69. The number of nitrogens with one attached hydrogen (secondary N) is 2. The number of rotatable bonds is 5. The van der Waals surface area contributed by atoms with Crippen LogP contribution in [0, 0.1) is 0 Å². The number of carbonyl (C=O) groups excluding carboxylic acids is 1. The lowest BCUT2D eigenvalue weighted by Gasteiger charge is -2.33. The minimum Gasteiger partial charge on any atom is -0.365 e. The van der Waals surface area contributed by atoms with Gasteiger partial charge in [-0.3, -0.25) is 9.69 Å². The van der Waals surface area contributed by atoms with E-state index in [0.29, 0.717) is 25.1 Å². The van der Waals surface area contributed by atoms with Gasteiger partial charge in [-0.1, -0.05) is 12.6 Å². The number of carbonyl (C=O) groups is 1. The first-order valence-electron chi connectivity index (χ1n) is 10.4. The van der Waals surface area contributed by atoms with Crippen LogP contribution < -0.4 is 10.6 Å². The fourth-order valence-electron chi connectivity index (χ4n) is 4.15. The molecule has 0 spiro atoms. The molecule has 0 radical (unpaired) electrons. The van der Waals surface area contributed by atoms with Gasteiger partial charge in [0.1, 0.15) is 11.4 Å². The third kappa shape index (κ3) is 4.85. The Hall–Kier alpha value is -3.14. The maximum absolute atomic E-state index is 13.6. The van der Waals surface area contributed by atoms with Crippen LogP contribution in [-0.4, -0.2) is 51.9 Å². The van der Waals surface area contributed by atoms with Crippen LogP contribution in [0.1, 0.15) is 29.5 Å². The van der Waals surface area contributed by atoms with Crippen LogP contribution in [0.2, 0.25) is 0 Å². The Labute approximate surface area is 184 Å². The van der Waals surface area contributed by atoms with Crippen molar-refractivity contribution in [2.75, 3.05) is 30.8 Å². The van der Waals surface area contributed by atoms with Gasteiger partial charge in [-0.25, -0.2) is 4.98 Å². The number of fused-ring (bicyclic) bond motifs is 1. The van der Waals surface area contributed by atoms with Crippen molar-refractivity contribution in [1.82, 2.24) is 19.8 Å². The van der Waals surface area contributed by atoms with E-state index in [2.05, 4.69) is 32.1 Å². The van der Waals surface area contributed by atoms with E-state index in [1.165, 1.54) is 11.6 Å². The van der Waals surface area contributed by atoms with Gasteiger partial charge in [0.15, 0.2) is 0 Å². The molecule has 7 nitrogen and oxygen atoms in total. The molecule has 4 rings (SSSR count). The quantitative estimate of drug-likeness (QED) is 0.682. The summed E-state index contributed by atoms with van der Waals surface area (Å²) in [5.41, 5.74) is 2.16. The van der Waals surface area contributed by atoms with Crippen LogP contribution in [-0.2, 0) is 24.1 Å². The molecule has 0 unspecified atom stereocenters. The highest BCUT2D eigenvalue weighted by Gasteiger charge is 2.36. The number of anilines is 3. The predicted octanol–water partition coefficient (Wildman–Crippen LogP) is 3.77. The summed E-state index contributed by atoms with van der Waals surface area (Å²) in [6, 6.07) is 5.48. The van der Waals surface area contributed by atoms with Crippen molar-refractivity contribution in [3.8, 4) is 0 Å². The van der Waals surface area contributed by atoms with Gasteiger partial charge in [0.25, 0.3) is 0 Å². The molecule has 170 valence electrons. The predicted molar refractivity (Wildman–Crippen MR) is 115 cm³/mol. The molecule has 3 heterocycles. The molecule has 10 heteroatoms. The number of piperidine rings is 1. The van der Waals surface area contributed by atoms with E-state index in [1.807, 2.05) is 25.2 Å². The highest BCUT2D eigenvalue weighted by Crippen LogP contribution is 2.35. The van der Waals surface area contributed by atoms with Gasteiger partial charge in [0, 0.05) is 44.1 Å². The first-order valence-corrected chi connectivity index (χ1v) is 10.4. The van der Waals surface area contributed by atoms with Gasteiger partial charge in [0.2, 0.25) is 11.9 Å². The average Bonchev–Trinajstić information content (AvgIpc) is 3.12. The molecule has 32 heavy (non-hydrogen) atoms. The summed E-state index contributed by atoms with van der Waals surface area (Å²) >= 11 is 0. The number of hydrogen-bond acceptors (Lipinski definition) is 6. The molecule has 2 aliphatic heterocycles. The lowest BCUT2D eigenvalue weighted by Crippen LogP contribution is -2.44. The highest BCUT2D eigenvalue weighted by molar-refractivity contribution is 5.87. The van der Waals surface area contributed by atoms with Crippen LogP contribution in [0.15, 0.2) is 37.1 Å². The fraction of sp³-hybridized carbons (Fsp3) is 0.409. The maximum atomic E-state index is 13.6. The van der Waals surface area contributed by atoms with Crippen molar-refractivity contribution in [2.24, 2.45) is 0 Å². The standard InChI is InChI=1S/C22H25F3N6O/c1-3-19(32)31-8-4-5-17(13-31)27-20-18(22(23,24)25)10-26-21(29-20)28-16-7-6-14-11-30(2)12-15(14)9-16/h3,6-7,9-10,17H,1,4-5,8,11-13H2,2H3,(H2,26,27,28,29)/t17-/m1/s1. The van der Waals surface area contributed by atoms with Crippen molar-refractivity contribution in [2.45, 2.75) is 38.1 Å². The van der Waals surface area contributed by atoms with Gasteiger partial charge in [-0.05, 0) is 49.2 Å². The van der Waals surface area contributed by atoms with Gasteiger partial charge >= 0.3 is 6.18 Å². The molecular formula is C22H25F3N6O. The second-order valence-electron chi connectivity index (χ2n) is 8.21. The molecule has 0 aliphatic carbocycles. The molecular weight excluding hydrogens is 421 g/mol. The Morgan fingerprint density at radius 1 is 1.28 bits per heavy atom. The second kappa shape index (κ2) is 8.78. The Kier molecular flexibility index (Phi) is 6.05. The smallest absolute Gasteiger partial charge is 0.365 e. The summed E-state index contributed by atoms with van der Waals surface area (Å²) in [5, 5.41) is 5.91. The number of alkyl halides is 3. The second-order valence-corrected chi connectivity index (χ2v) is 8.21.